The number of hydrogen-bond donors (Lipinski definition) is 1. The van der Waals surface area contributed by atoms with Crippen LogP contribution in [0.15, 0.2) is 78.9 Å². The zero-order valence-electron chi connectivity index (χ0n) is 12.7. The lowest BCUT2D eigenvalue weighted by Gasteiger charge is -2.12. The van der Waals surface area contributed by atoms with Crippen molar-refractivity contribution in [3.8, 4) is 16.9 Å². The fourth-order valence-corrected chi connectivity index (χ4v) is 2.53. The Balaban J connectivity index is 2.11. The van der Waals surface area contributed by atoms with Gasteiger partial charge in [-0.1, -0.05) is 72.8 Å². The number of carbonyl (C=O) groups excluding carboxylic acids is 1. The van der Waals surface area contributed by atoms with E-state index in [1.165, 1.54) is 0 Å². The van der Waals surface area contributed by atoms with Crippen LogP contribution in [0.2, 0.25) is 0 Å². The number of carbonyl (C=O) groups is 2. The number of benzene rings is 3. The average Bonchev–Trinajstić information content (AvgIpc) is 2.62. The van der Waals surface area contributed by atoms with Crippen LogP contribution < -0.4 is 4.74 Å². The molecule has 0 aliphatic heterocycles. The number of para-hydroxylation sites is 1. The zero-order chi connectivity index (χ0) is 16.9. The highest BCUT2D eigenvalue weighted by atomic mass is 16.7. The molecule has 24 heavy (non-hydrogen) atoms. The first-order valence-corrected chi connectivity index (χ1v) is 7.36. The maximum absolute atomic E-state index is 12.8. The second-order valence-electron chi connectivity index (χ2n) is 5.10. The molecular formula is C20H14O4. The van der Waals surface area contributed by atoms with Gasteiger partial charge >= 0.3 is 6.16 Å². The third-order valence-corrected chi connectivity index (χ3v) is 3.58. The van der Waals surface area contributed by atoms with Crippen molar-refractivity contribution >= 4 is 11.9 Å². The minimum absolute atomic E-state index is 0.128. The molecule has 4 heteroatoms. The first-order valence-electron chi connectivity index (χ1n) is 7.36. The van der Waals surface area contributed by atoms with Gasteiger partial charge in [-0.25, -0.2) is 4.79 Å². The Labute approximate surface area is 139 Å². The lowest BCUT2D eigenvalue weighted by molar-refractivity contribution is 0.103. The Morgan fingerprint density at radius 1 is 0.708 bits per heavy atom. The number of ketones is 1. The number of carboxylic acid groups (broad SMARTS) is 1. The van der Waals surface area contributed by atoms with E-state index in [2.05, 4.69) is 0 Å². The normalized spacial score (nSPS) is 10.2. The van der Waals surface area contributed by atoms with Gasteiger partial charge < -0.3 is 9.84 Å². The van der Waals surface area contributed by atoms with Crippen LogP contribution in [-0.2, 0) is 0 Å². The quantitative estimate of drug-likeness (QED) is 0.432. The molecule has 3 rings (SSSR count). The summed E-state index contributed by atoms with van der Waals surface area (Å²) in [5, 5.41) is 8.91. The van der Waals surface area contributed by atoms with Crippen molar-refractivity contribution < 1.29 is 19.4 Å². The summed E-state index contributed by atoms with van der Waals surface area (Å²) in [6.45, 7) is 0. The van der Waals surface area contributed by atoms with Crippen LogP contribution in [-0.4, -0.2) is 17.0 Å². The van der Waals surface area contributed by atoms with Gasteiger partial charge in [0.25, 0.3) is 0 Å². The predicted octanol–water partition coefficient (Wildman–Crippen LogP) is 4.64. The van der Waals surface area contributed by atoms with E-state index in [-0.39, 0.29) is 11.5 Å². The maximum atomic E-state index is 12.8. The molecule has 3 aromatic rings. The first-order chi connectivity index (χ1) is 11.7. The van der Waals surface area contributed by atoms with Crippen molar-refractivity contribution in [2.75, 3.05) is 0 Å². The van der Waals surface area contributed by atoms with Gasteiger partial charge in [-0.15, -0.1) is 0 Å². The van der Waals surface area contributed by atoms with E-state index in [4.69, 9.17) is 9.84 Å². The van der Waals surface area contributed by atoms with Gasteiger partial charge in [-0.05, 0) is 11.6 Å². The molecule has 3 aromatic carbocycles. The Bertz CT molecular complexity index is 885. The Morgan fingerprint density at radius 2 is 1.29 bits per heavy atom. The molecule has 118 valence electrons. The summed E-state index contributed by atoms with van der Waals surface area (Å²) < 4.78 is 4.85. The van der Waals surface area contributed by atoms with E-state index in [0.717, 1.165) is 0 Å². The number of rotatable bonds is 4. The SMILES string of the molecule is O=C(O)Oc1ccccc1-c1ccccc1C(=O)c1ccccc1. The molecule has 1 N–H and O–H groups in total. The van der Waals surface area contributed by atoms with E-state index < -0.39 is 6.16 Å². The maximum Gasteiger partial charge on any atom is 0.511 e. The lowest BCUT2D eigenvalue weighted by atomic mass is 9.93. The van der Waals surface area contributed by atoms with Crippen molar-refractivity contribution in [2.45, 2.75) is 0 Å². The summed E-state index contributed by atoms with van der Waals surface area (Å²) in [5.74, 6) is 0.0645. The Kier molecular flexibility index (Phi) is 4.38. The Morgan fingerprint density at radius 3 is 2.00 bits per heavy atom. The standard InChI is InChI=1S/C20H14O4/c21-19(14-8-2-1-3-9-14)17-12-5-4-10-15(17)16-11-6-7-13-18(16)24-20(22)23/h1-13H,(H,22,23). The minimum atomic E-state index is -1.39. The summed E-state index contributed by atoms with van der Waals surface area (Å²) in [7, 11) is 0. The highest BCUT2D eigenvalue weighted by molar-refractivity contribution is 6.13. The molecule has 0 bridgehead atoms. The summed E-state index contributed by atoms with van der Waals surface area (Å²) >= 11 is 0. The third-order valence-electron chi connectivity index (χ3n) is 3.58. The van der Waals surface area contributed by atoms with E-state index in [1.807, 2.05) is 6.07 Å². The molecule has 0 radical (unpaired) electrons. The van der Waals surface area contributed by atoms with E-state index in [9.17, 15) is 9.59 Å². The van der Waals surface area contributed by atoms with E-state index >= 15 is 0 Å². The molecule has 0 saturated carbocycles. The largest absolute Gasteiger partial charge is 0.511 e. The summed E-state index contributed by atoms with van der Waals surface area (Å²) in [6.07, 6.45) is -1.39. The van der Waals surface area contributed by atoms with Gasteiger partial charge in [0.15, 0.2) is 5.78 Å². The molecule has 0 aromatic heterocycles. The highest BCUT2D eigenvalue weighted by Gasteiger charge is 2.17. The highest BCUT2D eigenvalue weighted by Crippen LogP contribution is 2.33. The molecule has 0 unspecified atom stereocenters. The molecule has 0 saturated heterocycles. The smallest absolute Gasteiger partial charge is 0.449 e. The lowest BCUT2D eigenvalue weighted by Crippen LogP contribution is -2.06. The molecule has 0 aliphatic rings. The first kappa shape index (κ1) is 15.5. The molecule has 0 heterocycles. The monoisotopic (exact) mass is 318 g/mol. The van der Waals surface area contributed by atoms with Gasteiger partial charge in [-0.3, -0.25) is 4.79 Å². The second kappa shape index (κ2) is 6.79. The van der Waals surface area contributed by atoms with Gasteiger partial charge in [-0.2, -0.15) is 0 Å². The molecule has 0 fully saturated rings. The molecule has 0 amide bonds. The molecule has 0 aliphatic carbocycles. The minimum Gasteiger partial charge on any atom is -0.449 e. The van der Waals surface area contributed by atoms with E-state index in [0.29, 0.717) is 22.3 Å². The van der Waals surface area contributed by atoms with Crippen molar-refractivity contribution in [3.63, 3.8) is 0 Å². The molecule has 0 spiro atoms. The van der Waals surface area contributed by atoms with Crippen molar-refractivity contribution in [1.29, 1.82) is 0 Å². The van der Waals surface area contributed by atoms with Crippen LogP contribution in [0.3, 0.4) is 0 Å². The molecule has 4 nitrogen and oxygen atoms in total. The summed E-state index contributed by atoms with van der Waals surface area (Å²) in [6, 6.07) is 22.8. The fraction of sp³-hybridized carbons (Fsp3) is 0. The number of ether oxygens (including phenoxy) is 1. The Hall–Kier alpha value is -3.40. The average molecular weight is 318 g/mol. The van der Waals surface area contributed by atoms with Crippen molar-refractivity contribution in [2.24, 2.45) is 0 Å². The fourth-order valence-electron chi connectivity index (χ4n) is 2.53. The third kappa shape index (κ3) is 3.17. The number of hydrogen-bond acceptors (Lipinski definition) is 3. The summed E-state index contributed by atoms with van der Waals surface area (Å²) in [5.41, 5.74) is 2.25. The van der Waals surface area contributed by atoms with Crippen molar-refractivity contribution in [3.05, 3.63) is 90.0 Å². The second-order valence-corrected chi connectivity index (χ2v) is 5.10. The topological polar surface area (TPSA) is 63.6 Å². The van der Waals surface area contributed by atoms with Crippen LogP contribution in [0.1, 0.15) is 15.9 Å². The van der Waals surface area contributed by atoms with Crippen LogP contribution in [0.25, 0.3) is 11.1 Å². The molecule has 0 atom stereocenters. The van der Waals surface area contributed by atoms with Gasteiger partial charge in [0.1, 0.15) is 5.75 Å². The summed E-state index contributed by atoms with van der Waals surface area (Å²) in [4.78, 5) is 23.7. The zero-order valence-corrected chi connectivity index (χ0v) is 12.7. The van der Waals surface area contributed by atoms with Crippen LogP contribution >= 0.6 is 0 Å². The van der Waals surface area contributed by atoms with Gasteiger partial charge in [0.05, 0.1) is 0 Å². The predicted molar refractivity (Wildman–Crippen MR) is 90.4 cm³/mol. The van der Waals surface area contributed by atoms with Crippen LogP contribution in [0.4, 0.5) is 4.79 Å². The van der Waals surface area contributed by atoms with Crippen LogP contribution in [0, 0.1) is 0 Å². The van der Waals surface area contributed by atoms with Gasteiger partial charge in [0, 0.05) is 16.7 Å². The molecular weight excluding hydrogens is 304 g/mol. The van der Waals surface area contributed by atoms with Gasteiger partial charge in [0.2, 0.25) is 0 Å². The van der Waals surface area contributed by atoms with Crippen LogP contribution in [0.5, 0.6) is 5.75 Å². The van der Waals surface area contributed by atoms with Crippen molar-refractivity contribution in [1.82, 2.24) is 0 Å². The van der Waals surface area contributed by atoms with E-state index in [1.54, 1.807) is 72.8 Å².